The molecule has 0 bridgehead atoms. The summed E-state index contributed by atoms with van der Waals surface area (Å²) in [7, 11) is 1.08. The van der Waals surface area contributed by atoms with Crippen molar-refractivity contribution in [1.29, 1.82) is 0 Å². The molecule has 14 nitrogen and oxygen atoms in total. The Balaban J connectivity index is 1.29. The summed E-state index contributed by atoms with van der Waals surface area (Å²) in [6.07, 6.45) is -3.23. The molecule has 4 aromatic rings. The molecule has 1 heterocycles. The smallest absolute Gasteiger partial charge is 0.422 e. The third-order valence-corrected chi connectivity index (χ3v) is 7.29. The van der Waals surface area contributed by atoms with Crippen molar-refractivity contribution in [2.24, 2.45) is 0 Å². The van der Waals surface area contributed by atoms with Gasteiger partial charge in [-0.05, 0) is 54.8 Å². The van der Waals surface area contributed by atoms with Crippen LogP contribution in [0.4, 0.5) is 36.4 Å². The zero-order valence-electron chi connectivity index (χ0n) is 24.3. The van der Waals surface area contributed by atoms with E-state index in [0.29, 0.717) is 23.6 Å². The Kier molecular flexibility index (Phi) is 9.19. The van der Waals surface area contributed by atoms with Crippen LogP contribution in [0, 0.1) is 0 Å². The molecule has 47 heavy (non-hydrogen) atoms. The summed E-state index contributed by atoms with van der Waals surface area (Å²) in [6, 6.07) is 10.9. The Labute approximate surface area is 268 Å². The number of anilines is 4. The molecule has 5 N–H and O–H groups in total. The molecule has 0 aliphatic heterocycles. The summed E-state index contributed by atoms with van der Waals surface area (Å²) in [5.41, 5.74) is -1.66. The maximum absolute atomic E-state index is 12.9. The lowest BCUT2D eigenvalue weighted by molar-refractivity contribution is -0.154. The highest BCUT2D eigenvalue weighted by molar-refractivity contribution is 6.30. The fourth-order valence-electron chi connectivity index (χ4n) is 4.43. The molecule has 1 atom stereocenters. The van der Waals surface area contributed by atoms with Crippen LogP contribution in [0.2, 0.25) is 5.02 Å². The number of aromatic nitrogens is 3. The minimum absolute atomic E-state index is 0.0392. The summed E-state index contributed by atoms with van der Waals surface area (Å²) in [4.78, 5) is 60.1. The van der Waals surface area contributed by atoms with Crippen molar-refractivity contribution < 1.29 is 37.3 Å². The van der Waals surface area contributed by atoms with E-state index in [1.807, 2.05) is 12.1 Å². The van der Waals surface area contributed by atoms with E-state index >= 15 is 0 Å². The van der Waals surface area contributed by atoms with E-state index in [-0.39, 0.29) is 29.7 Å². The molecule has 0 spiro atoms. The second kappa shape index (κ2) is 13.1. The van der Waals surface area contributed by atoms with Crippen LogP contribution in [0.3, 0.4) is 0 Å². The van der Waals surface area contributed by atoms with E-state index < -0.39 is 58.9 Å². The number of hydrogen-bond donors (Lipinski definition) is 5. The van der Waals surface area contributed by atoms with E-state index in [1.165, 1.54) is 24.3 Å². The topological polar surface area (TPSA) is 194 Å². The van der Waals surface area contributed by atoms with Gasteiger partial charge in [-0.1, -0.05) is 23.7 Å². The predicted octanol–water partition coefficient (Wildman–Crippen LogP) is 3.00. The van der Waals surface area contributed by atoms with Crippen LogP contribution in [-0.2, 0) is 15.1 Å². The maximum atomic E-state index is 12.9. The first-order valence-electron chi connectivity index (χ1n) is 13.8. The fraction of sp³-hybridized carbons (Fsp3) is 0.276. The summed E-state index contributed by atoms with van der Waals surface area (Å²) in [5.74, 6) is -2.55. The maximum Gasteiger partial charge on any atom is 0.422 e. The van der Waals surface area contributed by atoms with Gasteiger partial charge in [-0.3, -0.25) is 14.4 Å². The first-order chi connectivity index (χ1) is 22.3. The normalized spacial score (nSPS) is 14.1. The number of halogens is 4. The number of carbonyl (C=O) groups excluding carboxylic acids is 2. The molecule has 1 unspecified atom stereocenters. The standard InChI is InChI=1S/C29H25ClF3N7O7/c1-46-24(45)18(12-34-19-20(41)22(43)21(19)42)36-23(44)14-2-8-17(9-3-14)35-25-37-26(39-27(38-25)47-13-29(31,32)33)40-28(10-11-28)15-4-6-16(30)7-5-15/h2-9,18,34,41H,10-13H2,1H3,(H,36,44)(H2,35,37,38,39,40). The van der Waals surface area contributed by atoms with Crippen molar-refractivity contribution in [2.45, 2.75) is 30.6 Å². The van der Waals surface area contributed by atoms with Crippen LogP contribution in [0.5, 0.6) is 11.8 Å². The minimum atomic E-state index is -4.64. The van der Waals surface area contributed by atoms with Crippen LogP contribution in [-0.4, -0.2) is 64.4 Å². The molecule has 5 rings (SSSR count). The number of nitrogens with zero attached hydrogens (tertiary/aromatic N) is 3. The Hall–Kier alpha value is -5.45. The van der Waals surface area contributed by atoms with Gasteiger partial charge in [0.15, 0.2) is 12.4 Å². The summed E-state index contributed by atoms with van der Waals surface area (Å²) < 4.78 is 48.1. The highest BCUT2D eigenvalue weighted by Gasteiger charge is 2.45. The third kappa shape index (κ3) is 7.86. The van der Waals surface area contributed by atoms with Crippen LogP contribution >= 0.6 is 11.6 Å². The van der Waals surface area contributed by atoms with E-state index in [9.17, 15) is 37.5 Å². The van der Waals surface area contributed by atoms with Gasteiger partial charge in [0, 0.05) is 22.8 Å². The van der Waals surface area contributed by atoms with Gasteiger partial charge >= 0.3 is 18.2 Å². The summed E-state index contributed by atoms with van der Waals surface area (Å²) in [5, 5.41) is 20.9. The first kappa shape index (κ1) is 32.9. The van der Waals surface area contributed by atoms with Gasteiger partial charge < -0.3 is 35.8 Å². The second-order valence-corrected chi connectivity index (χ2v) is 10.8. The number of ether oxygens (including phenoxy) is 2. The molecule has 1 aromatic heterocycles. The van der Waals surface area contributed by atoms with Crippen molar-refractivity contribution in [2.75, 3.05) is 36.2 Å². The Morgan fingerprint density at radius 2 is 1.66 bits per heavy atom. The van der Waals surface area contributed by atoms with Crippen LogP contribution in [0.15, 0.2) is 58.1 Å². The fourth-order valence-corrected chi connectivity index (χ4v) is 4.56. The van der Waals surface area contributed by atoms with Gasteiger partial charge in [0.25, 0.3) is 16.8 Å². The van der Waals surface area contributed by atoms with E-state index in [2.05, 4.69) is 41.0 Å². The van der Waals surface area contributed by atoms with Gasteiger partial charge in [-0.2, -0.15) is 28.1 Å². The number of benzene rings is 2. The van der Waals surface area contributed by atoms with Gasteiger partial charge in [0.2, 0.25) is 11.9 Å². The lowest BCUT2D eigenvalue weighted by atomic mass is 10.1. The largest absolute Gasteiger partial charge is 0.502 e. The molecular weight excluding hydrogens is 651 g/mol. The van der Waals surface area contributed by atoms with E-state index in [0.717, 1.165) is 12.7 Å². The molecule has 3 aromatic carbocycles. The van der Waals surface area contributed by atoms with Crippen molar-refractivity contribution >= 4 is 46.7 Å². The molecule has 1 fully saturated rings. The number of rotatable bonds is 13. The molecule has 18 heteroatoms. The zero-order valence-corrected chi connectivity index (χ0v) is 25.0. The second-order valence-electron chi connectivity index (χ2n) is 10.4. The third-order valence-electron chi connectivity index (χ3n) is 7.04. The number of alkyl halides is 3. The van der Waals surface area contributed by atoms with Crippen LogP contribution in [0.1, 0.15) is 28.8 Å². The lowest BCUT2D eigenvalue weighted by Gasteiger charge is -2.19. The number of amides is 1. The van der Waals surface area contributed by atoms with E-state index in [4.69, 9.17) is 16.3 Å². The number of hydrogen-bond acceptors (Lipinski definition) is 13. The number of carbonyl (C=O) groups is 2. The van der Waals surface area contributed by atoms with Crippen LogP contribution in [0.25, 0.3) is 0 Å². The molecular formula is C29H25ClF3N7O7. The average Bonchev–Trinajstić information content (AvgIpc) is 3.83. The van der Waals surface area contributed by atoms with Crippen LogP contribution < -0.4 is 36.9 Å². The highest BCUT2D eigenvalue weighted by Crippen LogP contribution is 2.48. The highest BCUT2D eigenvalue weighted by atomic mass is 35.5. The van der Waals surface area contributed by atoms with Crippen molar-refractivity contribution in [3.05, 3.63) is 85.1 Å². The van der Waals surface area contributed by atoms with Gasteiger partial charge in [-0.25, -0.2) is 4.79 Å². The summed E-state index contributed by atoms with van der Waals surface area (Å²) >= 11 is 6.00. The monoisotopic (exact) mass is 675 g/mol. The molecule has 1 aliphatic rings. The predicted molar refractivity (Wildman–Crippen MR) is 162 cm³/mol. The van der Waals surface area contributed by atoms with Gasteiger partial charge in [0.1, 0.15) is 11.7 Å². The molecule has 0 saturated heterocycles. The molecule has 1 aliphatic carbocycles. The quantitative estimate of drug-likeness (QED) is 0.103. The minimum Gasteiger partial charge on any atom is -0.502 e. The Morgan fingerprint density at radius 1 is 1.00 bits per heavy atom. The molecule has 1 amide bonds. The average molecular weight is 676 g/mol. The number of nitrogens with one attached hydrogen (secondary N) is 4. The molecule has 1 saturated carbocycles. The number of esters is 1. The molecule has 0 radical (unpaired) electrons. The van der Waals surface area contributed by atoms with Gasteiger partial charge in [0.05, 0.1) is 12.6 Å². The zero-order chi connectivity index (χ0) is 33.9. The number of methoxy groups -OCH3 is 1. The van der Waals surface area contributed by atoms with Crippen molar-refractivity contribution in [3.63, 3.8) is 0 Å². The summed E-state index contributed by atoms with van der Waals surface area (Å²) in [6.45, 7) is -2.00. The van der Waals surface area contributed by atoms with Crippen molar-refractivity contribution in [1.82, 2.24) is 20.3 Å². The van der Waals surface area contributed by atoms with E-state index in [1.54, 1.807) is 12.1 Å². The molecule has 246 valence electrons. The van der Waals surface area contributed by atoms with Gasteiger partial charge in [-0.15, -0.1) is 0 Å². The Bertz CT molecular complexity index is 1860. The number of aromatic hydroxyl groups is 1. The SMILES string of the molecule is COC(=O)C(CNc1c(O)c(=O)c1=O)NC(=O)c1ccc(Nc2nc(NC3(c4ccc(Cl)cc4)CC3)nc(OCC(F)(F)F)n2)cc1. The Morgan fingerprint density at radius 3 is 2.26 bits per heavy atom. The van der Waals surface area contributed by atoms with Crippen molar-refractivity contribution in [3.8, 4) is 11.8 Å². The first-order valence-corrected chi connectivity index (χ1v) is 14.2. The lowest BCUT2D eigenvalue weighted by Crippen LogP contribution is -2.47.